The van der Waals surface area contributed by atoms with Crippen molar-refractivity contribution in [3.8, 4) is 0 Å². The Morgan fingerprint density at radius 1 is 0.144 bits per heavy atom. The average molecular weight is 1260 g/mol. The van der Waals surface area contributed by atoms with Gasteiger partial charge >= 0.3 is 0 Å². The lowest BCUT2D eigenvalue weighted by Gasteiger charge is -2.66. The smallest absolute Gasteiger partial charge is 0.0182 e. The molecule has 0 aliphatic carbocycles. The second-order valence-corrected chi connectivity index (χ2v) is 31.9. The minimum atomic E-state index is 0.438. The first-order valence-electron chi connectivity index (χ1n) is 44.4. The Kier molecular flexibility index (Phi) is 71.8. The second-order valence-electron chi connectivity index (χ2n) is 31.9. The summed E-state index contributed by atoms with van der Waals surface area (Å²) in [6, 6.07) is 0. The summed E-state index contributed by atoms with van der Waals surface area (Å²) >= 11 is 0. The van der Waals surface area contributed by atoms with Crippen molar-refractivity contribution in [2.24, 2.45) is 22.2 Å². The lowest BCUT2D eigenvalue weighted by atomic mass is 9.39. The molecule has 0 aromatic carbocycles. The average Bonchev–Trinajstić information content (AvgIpc) is 0.718. The normalized spacial score (nSPS) is 14.4. The van der Waals surface area contributed by atoms with E-state index in [1.165, 1.54) is 437 Å². The molecule has 0 aromatic heterocycles. The van der Waals surface area contributed by atoms with Crippen LogP contribution in [-0.4, -0.2) is 0 Å². The van der Waals surface area contributed by atoms with Crippen molar-refractivity contribution in [1.82, 2.24) is 0 Å². The van der Waals surface area contributed by atoms with Crippen molar-refractivity contribution in [1.29, 1.82) is 0 Å². The van der Waals surface area contributed by atoms with Gasteiger partial charge in [-0.3, -0.25) is 0 Å². The maximum Gasteiger partial charge on any atom is -0.0182 e. The first kappa shape index (κ1) is 90.0. The number of rotatable bonds is 80. The van der Waals surface area contributed by atoms with Crippen molar-refractivity contribution in [3.63, 3.8) is 0 Å². The molecule has 0 rings (SSSR count). The molecule has 0 fully saturated rings. The molecule has 0 N–H and O–H groups in total. The first-order chi connectivity index (χ1) is 44.4. The van der Waals surface area contributed by atoms with Crippen LogP contribution in [0.2, 0.25) is 0 Å². The van der Waals surface area contributed by atoms with Crippen molar-refractivity contribution < 1.29 is 0 Å². The number of hydrogen-bond acceptors (Lipinski definition) is 0. The SMILES string of the molecule is CCCCCCCCCCCCCC(CCCCCCCCCCC)(CCCCCCCCCCCC)C(CCCCCCCCC)(CCCCCCCCCC)C(CCCCCCC)(CCCCCCCC)C(CCCCCC)CCCCCCCCCC. The summed E-state index contributed by atoms with van der Waals surface area (Å²) in [4.78, 5) is 0. The van der Waals surface area contributed by atoms with E-state index in [1.54, 1.807) is 57.8 Å². The number of unbranched alkanes of at least 4 members (excludes halogenated alkanes) is 59. The third-order valence-corrected chi connectivity index (χ3v) is 24.0. The summed E-state index contributed by atoms with van der Waals surface area (Å²) < 4.78 is 0. The fourth-order valence-corrected chi connectivity index (χ4v) is 18.3. The van der Waals surface area contributed by atoms with Crippen molar-refractivity contribution >= 4 is 0 Å². The molecule has 0 bridgehead atoms. The van der Waals surface area contributed by atoms with E-state index in [0.717, 1.165) is 5.92 Å². The van der Waals surface area contributed by atoms with E-state index < -0.39 is 0 Å². The standard InChI is InChI=1S/C90H182/c1-10-19-28-37-44-49-51-54-59-65-73-82-88(80-71-63-57-52-46-39-30-21-12-3,81-72-64-58-53-50-45-38-29-20-11-2)90(85-76-67-56-42-33-24-15-6,86-77-68-60-48-41-32-23-14-5)89(83-74-62-35-26-17-8,84-75-66-43-34-25-16-7)87(78-69-36-27-18-9)79-70-61-55-47-40-31-22-13-4/h87H,10-86H2,1-9H3. The Morgan fingerprint density at radius 3 is 0.489 bits per heavy atom. The monoisotopic (exact) mass is 1260 g/mol. The molecule has 4 atom stereocenters. The van der Waals surface area contributed by atoms with Gasteiger partial charge in [0.2, 0.25) is 0 Å². The molecule has 0 heterocycles. The van der Waals surface area contributed by atoms with E-state index in [4.69, 9.17) is 0 Å². The molecule has 0 saturated heterocycles. The van der Waals surface area contributed by atoms with Gasteiger partial charge in [0.25, 0.3) is 0 Å². The van der Waals surface area contributed by atoms with E-state index in [1.807, 2.05) is 0 Å². The Balaban J connectivity index is 8.91. The largest absolute Gasteiger partial charge is 0.0654 e. The molecule has 0 saturated carbocycles. The van der Waals surface area contributed by atoms with Crippen molar-refractivity contribution in [3.05, 3.63) is 0 Å². The summed E-state index contributed by atoms with van der Waals surface area (Å²) in [5, 5.41) is 0. The summed E-state index contributed by atoms with van der Waals surface area (Å²) in [6.07, 6.45) is 114. The van der Waals surface area contributed by atoms with Gasteiger partial charge in [-0.2, -0.15) is 0 Å². The molecular formula is C90H182. The molecule has 542 valence electrons. The highest BCUT2D eigenvalue weighted by Gasteiger charge is 2.61. The van der Waals surface area contributed by atoms with Crippen LogP contribution in [0.25, 0.3) is 0 Å². The van der Waals surface area contributed by atoms with Crippen LogP contribution in [0.15, 0.2) is 0 Å². The molecular weight excluding hydrogens is 1080 g/mol. The first-order valence-corrected chi connectivity index (χ1v) is 44.4. The van der Waals surface area contributed by atoms with E-state index in [2.05, 4.69) is 62.3 Å². The predicted molar refractivity (Wildman–Crippen MR) is 417 cm³/mol. The molecule has 4 unspecified atom stereocenters. The van der Waals surface area contributed by atoms with Gasteiger partial charge in [-0.1, -0.05) is 499 Å². The van der Waals surface area contributed by atoms with Gasteiger partial charge in [0.15, 0.2) is 0 Å². The maximum absolute atomic E-state index is 2.50. The Bertz CT molecular complexity index is 1300. The highest BCUT2D eigenvalue weighted by molar-refractivity contribution is 5.11. The number of hydrogen-bond donors (Lipinski definition) is 0. The van der Waals surface area contributed by atoms with Crippen molar-refractivity contribution in [2.45, 2.75) is 557 Å². The van der Waals surface area contributed by atoms with Crippen LogP contribution in [0.3, 0.4) is 0 Å². The van der Waals surface area contributed by atoms with Gasteiger partial charge < -0.3 is 0 Å². The highest BCUT2D eigenvalue weighted by atomic mass is 14.7. The topological polar surface area (TPSA) is 0 Å². The zero-order chi connectivity index (χ0) is 65.5. The Morgan fingerprint density at radius 2 is 0.289 bits per heavy atom. The minimum Gasteiger partial charge on any atom is -0.0654 e. The molecule has 0 aliphatic rings. The van der Waals surface area contributed by atoms with Crippen LogP contribution in [0.4, 0.5) is 0 Å². The van der Waals surface area contributed by atoms with Gasteiger partial charge in [0, 0.05) is 0 Å². The second kappa shape index (κ2) is 71.8. The molecule has 0 heteroatoms. The van der Waals surface area contributed by atoms with Crippen molar-refractivity contribution in [2.75, 3.05) is 0 Å². The Hall–Kier alpha value is 0. The molecule has 0 aliphatic heterocycles. The Labute approximate surface area is 575 Å². The van der Waals surface area contributed by atoms with E-state index >= 15 is 0 Å². The summed E-state index contributed by atoms with van der Waals surface area (Å²) in [5.41, 5.74) is 1.35. The zero-order valence-electron chi connectivity index (χ0n) is 65.5. The molecule has 0 aromatic rings. The molecule has 0 amide bonds. The van der Waals surface area contributed by atoms with Gasteiger partial charge in [0.05, 0.1) is 0 Å². The van der Waals surface area contributed by atoms with Gasteiger partial charge in [0.1, 0.15) is 0 Å². The van der Waals surface area contributed by atoms with Crippen LogP contribution < -0.4 is 0 Å². The molecule has 0 radical (unpaired) electrons. The lowest BCUT2D eigenvalue weighted by Crippen LogP contribution is -2.57. The van der Waals surface area contributed by atoms with Gasteiger partial charge in [-0.05, 0) is 80.0 Å². The van der Waals surface area contributed by atoms with Gasteiger partial charge in [-0.25, -0.2) is 0 Å². The third-order valence-electron chi connectivity index (χ3n) is 24.0. The molecule has 0 nitrogen and oxygen atoms in total. The summed E-state index contributed by atoms with van der Waals surface area (Å²) in [5.74, 6) is 0.905. The summed E-state index contributed by atoms with van der Waals surface area (Å²) in [7, 11) is 0. The zero-order valence-corrected chi connectivity index (χ0v) is 65.5. The molecule has 90 heavy (non-hydrogen) atoms. The fourth-order valence-electron chi connectivity index (χ4n) is 18.3. The van der Waals surface area contributed by atoms with Gasteiger partial charge in [-0.15, -0.1) is 0 Å². The highest BCUT2D eigenvalue weighted by Crippen LogP contribution is 2.70. The van der Waals surface area contributed by atoms with E-state index in [-0.39, 0.29) is 0 Å². The van der Waals surface area contributed by atoms with E-state index in [0.29, 0.717) is 16.2 Å². The molecule has 0 spiro atoms. The van der Waals surface area contributed by atoms with E-state index in [9.17, 15) is 0 Å². The quantitative estimate of drug-likeness (QED) is 0.0533. The van der Waals surface area contributed by atoms with Crippen LogP contribution in [0.1, 0.15) is 557 Å². The maximum atomic E-state index is 2.50. The van der Waals surface area contributed by atoms with Crippen LogP contribution in [-0.2, 0) is 0 Å². The van der Waals surface area contributed by atoms with Crippen LogP contribution in [0.5, 0.6) is 0 Å². The fraction of sp³-hybridized carbons (Fsp3) is 1.00. The lowest BCUT2D eigenvalue weighted by molar-refractivity contribution is -0.166. The minimum absolute atomic E-state index is 0.438. The predicted octanol–water partition coefficient (Wildman–Crippen LogP) is 34.8. The third kappa shape index (κ3) is 48.7. The van der Waals surface area contributed by atoms with Crippen LogP contribution >= 0.6 is 0 Å². The van der Waals surface area contributed by atoms with Crippen LogP contribution in [0, 0.1) is 22.2 Å². The summed E-state index contributed by atoms with van der Waals surface area (Å²) in [6.45, 7) is 21.9.